The molecule has 0 aromatic carbocycles. The summed E-state index contributed by atoms with van der Waals surface area (Å²) in [6.07, 6.45) is 1.65. The Morgan fingerprint density at radius 2 is 1.51 bits per heavy atom. The molecule has 37 heavy (non-hydrogen) atoms. The molecule has 1 atom stereocenters. The normalized spacial score (nSPS) is 21.7. The van der Waals surface area contributed by atoms with Crippen LogP contribution < -0.4 is 0 Å². The number of hydrogen-bond donors (Lipinski definition) is 2. The molecule has 1 aromatic heterocycles. The molecule has 1 unspecified atom stereocenters. The van der Waals surface area contributed by atoms with Crippen molar-refractivity contribution in [3.63, 3.8) is 0 Å². The van der Waals surface area contributed by atoms with Crippen molar-refractivity contribution < 1.29 is 55.6 Å². The second kappa shape index (κ2) is 13.4. The Morgan fingerprint density at radius 1 is 1.00 bits per heavy atom. The van der Waals surface area contributed by atoms with Crippen LogP contribution in [0, 0.1) is 5.92 Å². The average molecular weight is 544 g/mol. The summed E-state index contributed by atoms with van der Waals surface area (Å²) in [7, 11) is 0. The molecule has 1 aromatic rings. The van der Waals surface area contributed by atoms with Gasteiger partial charge in [-0.25, -0.2) is 9.59 Å². The van der Waals surface area contributed by atoms with E-state index in [-0.39, 0.29) is 5.60 Å². The maximum Gasteiger partial charge on any atom is 0.490 e. The predicted octanol–water partition coefficient (Wildman–Crippen LogP) is 4.29. The van der Waals surface area contributed by atoms with Gasteiger partial charge in [-0.1, -0.05) is 12.8 Å². The fourth-order valence-corrected chi connectivity index (χ4v) is 4.49. The summed E-state index contributed by atoms with van der Waals surface area (Å²) in [6.45, 7) is 5.04. The summed E-state index contributed by atoms with van der Waals surface area (Å²) in [6, 6.07) is 4.06. The highest BCUT2D eigenvalue weighted by molar-refractivity contribution is 5.73. The first-order valence-corrected chi connectivity index (χ1v) is 11.7. The van der Waals surface area contributed by atoms with Crippen molar-refractivity contribution in [3.05, 3.63) is 30.1 Å². The number of aliphatic carboxylic acids is 2. The number of alkyl halides is 6. The van der Waals surface area contributed by atoms with Gasteiger partial charge in [-0.2, -0.15) is 26.3 Å². The number of likely N-dealkylation sites (tertiary alicyclic amines) is 1. The summed E-state index contributed by atoms with van der Waals surface area (Å²) in [4.78, 5) is 24.4. The Balaban J connectivity index is 0.000000286. The summed E-state index contributed by atoms with van der Waals surface area (Å²) in [5, 5.41) is 14.2. The lowest BCUT2D eigenvalue weighted by molar-refractivity contribution is -0.200. The van der Waals surface area contributed by atoms with Gasteiger partial charge in [-0.15, -0.1) is 0 Å². The maximum atomic E-state index is 10.6. The first-order chi connectivity index (χ1) is 17.2. The van der Waals surface area contributed by atoms with Gasteiger partial charge in [0.05, 0.1) is 18.3 Å². The molecule has 3 fully saturated rings. The molecular weight excluding hydrogens is 514 g/mol. The first-order valence-electron chi connectivity index (χ1n) is 11.7. The molecule has 4 rings (SSSR count). The van der Waals surface area contributed by atoms with Gasteiger partial charge in [0.25, 0.3) is 0 Å². The number of carbonyl (C=O) groups is 2. The number of carboxylic acids is 2. The molecule has 1 aliphatic carbocycles. The number of halogens is 6. The van der Waals surface area contributed by atoms with Crippen molar-refractivity contribution in [2.45, 2.75) is 69.2 Å². The Morgan fingerprint density at radius 3 is 2.00 bits per heavy atom. The summed E-state index contributed by atoms with van der Waals surface area (Å²) in [5.41, 5.74) is 1.29. The van der Waals surface area contributed by atoms with E-state index in [0.29, 0.717) is 12.7 Å². The number of ether oxygens (including phenoxy) is 2. The van der Waals surface area contributed by atoms with E-state index in [2.05, 4.69) is 9.88 Å². The largest absolute Gasteiger partial charge is 0.490 e. The van der Waals surface area contributed by atoms with E-state index >= 15 is 0 Å². The van der Waals surface area contributed by atoms with Crippen LogP contribution in [0.5, 0.6) is 0 Å². The smallest absolute Gasteiger partial charge is 0.475 e. The number of carboxylic acid groups (broad SMARTS) is 2. The van der Waals surface area contributed by atoms with Crippen molar-refractivity contribution in [2.75, 3.05) is 26.2 Å². The molecule has 1 saturated carbocycles. The van der Waals surface area contributed by atoms with Gasteiger partial charge >= 0.3 is 24.3 Å². The Kier molecular flexibility index (Phi) is 11.1. The van der Waals surface area contributed by atoms with Gasteiger partial charge < -0.3 is 19.7 Å². The van der Waals surface area contributed by atoms with Gasteiger partial charge in [-0.3, -0.25) is 9.88 Å². The molecule has 3 heterocycles. The SMILES string of the molecule is O=C(O)C(F)(F)F.O=C(O)C(F)(F)F.c1cc(COC2CCOC3(C2)CN(CC2CCCC2)C3)ccn1. The zero-order chi connectivity index (χ0) is 27.7. The Bertz CT molecular complexity index is 832. The lowest BCUT2D eigenvalue weighted by atomic mass is 9.84. The van der Waals surface area contributed by atoms with E-state index in [0.717, 1.165) is 38.5 Å². The maximum absolute atomic E-state index is 10.6. The zero-order valence-electron chi connectivity index (χ0n) is 19.9. The highest BCUT2D eigenvalue weighted by Gasteiger charge is 2.48. The molecule has 2 saturated heterocycles. The number of hydrogen-bond acceptors (Lipinski definition) is 6. The van der Waals surface area contributed by atoms with Crippen molar-refractivity contribution in [1.82, 2.24) is 9.88 Å². The van der Waals surface area contributed by atoms with E-state index < -0.39 is 24.3 Å². The fraction of sp³-hybridized carbons (Fsp3) is 0.696. The molecule has 2 N–H and O–H groups in total. The minimum absolute atomic E-state index is 0.0831. The molecule has 0 bridgehead atoms. The lowest BCUT2D eigenvalue weighted by Gasteiger charge is -2.53. The first kappa shape index (κ1) is 30.8. The number of pyridine rings is 1. The molecule has 2 aliphatic heterocycles. The van der Waals surface area contributed by atoms with Crippen LogP contribution in [0.4, 0.5) is 26.3 Å². The van der Waals surface area contributed by atoms with Crippen molar-refractivity contribution in [1.29, 1.82) is 0 Å². The minimum Gasteiger partial charge on any atom is -0.475 e. The minimum atomic E-state index is -5.08. The lowest BCUT2D eigenvalue weighted by Crippen LogP contribution is -2.66. The molecule has 14 heteroatoms. The molecule has 0 radical (unpaired) electrons. The fourth-order valence-electron chi connectivity index (χ4n) is 4.49. The second-order valence-corrected chi connectivity index (χ2v) is 9.24. The van der Waals surface area contributed by atoms with Gasteiger partial charge in [-0.05, 0) is 42.9 Å². The van der Waals surface area contributed by atoms with Crippen LogP contribution in [-0.4, -0.2) is 82.3 Å². The van der Waals surface area contributed by atoms with E-state index in [1.54, 1.807) is 0 Å². The highest BCUT2D eigenvalue weighted by atomic mass is 19.4. The molecule has 3 aliphatic rings. The van der Waals surface area contributed by atoms with Crippen LogP contribution in [0.1, 0.15) is 44.1 Å². The van der Waals surface area contributed by atoms with Crippen LogP contribution in [0.25, 0.3) is 0 Å². The van der Waals surface area contributed by atoms with Gasteiger partial charge in [0.15, 0.2) is 0 Å². The van der Waals surface area contributed by atoms with Gasteiger partial charge in [0, 0.05) is 45.1 Å². The average Bonchev–Trinajstić information content (AvgIpc) is 3.30. The quantitative estimate of drug-likeness (QED) is 0.529. The second-order valence-electron chi connectivity index (χ2n) is 9.24. The summed E-state index contributed by atoms with van der Waals surface area (Å²) < 4.78 is 75.8. The summed E-state index contributed by atoms with van der Waals surface area (Å²) in [5.74, 6) is -4.57. The molecular formula is C23H30F6N2O6. The topological polar surface area (TPSA) is 109 Å². The number of rotatable bonds is 5. The van der Waals surface area contributed by atoms with Crippen LogP contribution in [-0.2, 0) is 25.7 Å². The summed E-state index contributed by atoms with van der Waals surface area (Å²) >= 11 is 0. The zero-order valence-corrected chi connectivity index (χ0v) is 19.9. The highest BCUT2D eigenvalue weighted by Crippen LogP contribution is 2.37. The number of nitrogens with zero attached hydrogens (tertiary/aromatic N) is 2. The van der Waals surface area contributed by atoms with E-state index in [4.69, 9.17) is 29.3 Å². The third kappa shape index (κ3) is 10.8. The van der Waals surface area contributed by atoms with Crippen molar-refractivity contribution >= 4 is 11.9 Å². The third-order valence-electron chi connectivity index (χ3n) is 6.18. The number of aromatic nitrogens is 1. The molecule has 0 amide bonds. The standard InChI is InChI=1S/C19H28N2O2.2C2HF3O2/c1-2-4-16(3-1)12-21-14-19(15-21)11-18(7-10-23-19)22-13-17-5-8-20-9-6-17;2*3-2(4,5)1(6)7/h5-6,8-9,16,18H,1-4,7,10-15H2;2*(H,6,7). The molecule has 8 nitrogen and oxygen atoms in total. The van der Waals surface area contributed by atoms with Gasteiger partial charge in [0.2, 0.25) is 0 Å². The molecule has 1 spiro atoms. The predicted molar refractivity (Wildman–Crippen MR) is 117 cm³/mol. The van der Waals surface area contributed by atoms with Crippen LogP contribution in [0.3, 0.4) is 0 Å². The Labute approximate surface area is 209 Å². The van der Waals surface area contributed by atoms with Crippen molar-refractivity contribution in [2.24, 2.45) is 5.92 Å². The van der Waals surface area contributed by atoms with Crippen LogP contribution >= 0.6 is 0 Å². The Hall–Kier alpha value is -2.45. The van der Waals surface area contributed by atoms with E-state index in [1.165, 1.54) is 37.8 Å². The van der Waals surface area contributed by atoms with E-state index in [9.17, 15) is 26.3 Å². The molecule has 210 valence electrons. The van der Waals surface area contributed by atoms with Crippen LogP contribution in [0.2, 0.25) is 0 Å². The van der Waals surface area contributed by atoms with Crippen molar-refractivity contribution in [3.8, 4) is 0 Å². The van der Waals surface area contributed by atoms with Crippen LogP contribution in [0.15, 0.2) is 24.5 Å². The van der Waals surface area contributed by atoms with Gasteiger partial charge in [0.1, 0.15) is 0 Å². The van der Waals surface area contributed by atoms with E-state index in [1.807, 2.05) is 24.5 Å². The monoisotopic (exact) mass is 544 g/mol. The third-order valence-corrected chi connectivity index (χ3v) is 6.18.